The topological polar surface area (TPSA) is 3.24 Å². The Kier molecular flexibility index (Phi) is 9.41. The molecule has 0 heterocycles. The van der Waals surface area contributed by atoms with Crippen LogP contribution < -0.4 is 4.90 Å². The third-order valence-electron chi connectivity index (χ3n) is 10.3. The highest BCUT2D eigenvalue weighted by Crippen LogP contribution is 2.42. The lowest BCUT2D eigenvalue weighted by Gasteiger charge is -2.26. The quantitative estimate of drug-likeness (QED) is 0.145. The molecule has 0 spiro atoms. The molecule has 0 aliphatic rings. The van der Waals surface area contributed by atoms with E-state index in [4.69, 9.17) is 0 Å². The molecule has 1 heteroatoms. The number of hydrogen-bond donors (Lipinski definition) is 0. The second kappa shape index (κ2) is 15.4. The minimum Gasteiger partial charge on any atom is -0.311 e. The Morgan fingerprint density at radius 2 is 0.455 bits per heavy atom. The molecule has 0 aromatic heterocycles. The first-order valence-electron chi connectivity index (χ1n) is 18.8. The van der Waals surface area contributed by atoms with Gasteiger partial charge in [-0.2, -0.15) is 0 Å². The van der Waals surface area contributed by atoms with E-state index < -0.39 is 0 Å². The van der Waals surface area contributed by atoms with E-state index in [9.17, 15) is 0 Å². The molecular weight excluding hydrogens is 663 g/mol. The van der Waals surface area contributed by atoms with Crippen LogP contribution in [0.1, 0.15) is 0 Å². The summed E-state index contributed by atoms with van der Waals surface area (Å²) in [5, 5.41) is 0. The predicted molar refractivity (Wildman–Crippen MR) is 234 cm³/mol. The molecule has 0 fully saturated rings. The Balaban J connectivity index is 1.12. The van der Waals surface area contributed by atoms with Crippen molar-refractivity contribution in [2.24, 2.45) is 0 Å². The van der Waals surface area contributed by atoms with E-state index in [1.807, 2.05) is 0 Å². The van der Waals surface area contributed by atoms with Gasteiger partial charge >= 0.3 is 0 Å². The van der Waals surface area contributed by atoms with Crippen molar-refractivity contribution in [3.63, 3.8) is 0 Å². The van der Waals surface area contributed by atoms with Gasteiger partial charge in [0.05, 0.1) is 0 Å². The molecule has 1 nitrogen and oxygen atoms in total. The largest absolute Gasteiger partial charge is 0.311 e. The first kappa shape index (κ1) is 33.6. The maximum Gasteiger partial charge on any atom is 0.0462 e. The summed E-state index contributed by atoms with van der Waals surface area (Å²) in [5.74, 6) is 0. The Bertz CT molecular complexity index is 2630. The lowest BCUT2D eigenvalue weighted by molar-refractivity contribution is 1.28. The van der Waals surface area contributed by atoms with Crippen molar-refractivity contribution in [2.45, 2.75) is 0 Å². The minimum atomic E-state index is 1.09. The standard InChI is InChI=1S/C54H39N/c1-5-16-40(17-6-1)41-28-34-47(35-29-41)55(48-36-30-44(31-37-48)51-25-14-13-24-50(51)42-18-7-2-8-19-42)49-38-32-45(33-39-49)53-27-15-26-52(43-20-9-3-10-21-43)54(53)46-22-11-4-12-23-46/h1-39H. The van der Waals surface area contributed by atoms with Gasteiger partial charge in [0.2, 0.25) is 0 Å². The Labute approximate surface area is 324 Å². The smallest absolute Gasteiger partial charge is 0.0462 e. The fraction of sp³-hybridized carbons (Fsp3) is 0. The highest BCUT2D eigenvalue weighted by Gasteiger charge is 2.17. The Morgan fingerprint density at radius 3 is 0.891 bits per heavy atom. The second-order valence-electron chi connectivity index (χ2n) is 13.7. The summed E-state index contributed by atoms with van der Waals surface area (Å²) in [6, 6.07) is 84.9. The van der Waals surface area contributed by atoms with Gasteiger partial charge in [-0.15, -0.1) is 0 Å². The van der Waals surface area contributed by atoms with E-state index in [1.165, 1.54) is 66.8 Å². The number of rotatable bonds is 9. The molecule has 0 radical (unpaired) electrons. The van der Waals surface area contributed by atoms with Crippen LogP contribution in [-0.2, 0) is 0 Å². The molecule has 0 atom stereocenters. The molecular formula is C54H39N. The Morgan fingerprint density at radius 1 is 0.182 bits per heavy atom. The number of nitrogens with zero attached hydrogens (tertiary/aromatic N) is 1. The van der Waals surface area contributed by atoms with Crippen molar-refractivity contribution >= 4 is 17.1 Å². The summed E-state index contributed by atoms with van der Waals surface area (Å²) in [5.41, 5.74) is 17.8. The van der Waals surface area contributed by atoms with E-state index >= 15 is 0 Å². The van der Waals surface area contributed by atoms with Crippen LogP contribution in [0.15, 0.2) is 237 Å². The highest BCUT2D eigenvalue weighted by atomic mass is 15.1. The third-order valence-corrected chi connectivity index (χ3v) is 10.3. The predicted octanol–water partition coefficient (Wildman–Crippen LogP) is 15.2. The maximum absolute atomic E-state index is 2.35. The van der Waals surface area contributed by atoms with Gasteiger partial charge in [0.25, 0.3) is 0 Å². The summed E-state index contributed by atoms with van der Waals surface area (Å²) in [6.07, 6.45) is 0. The van der Waals surface area contributed by atoms with Crippen molar-refractivity contribution in [1.82, 2.24) is 0 Å². The van der Waals surface area contributed by atoms with Gasteiger partial charge in [-0.1, -0.05) is 200 Å². The number of anilines is 3. The zero-order valence-corrected chi connectivity index (χ0v) is 30.5. The van der Waals surface area contributed by atoms with E-state index in [0.29, 0.717) is 0 Å². The van der Waals surface area contributed by atoms with E-state index in [-0.39, 0.29) is 0 Å². The third kappa shape index (κ3) is 7.00. The molecule has 0 N–H and O–H groups in total. The molecule has 260 valence electrons. The molecule has 0 saturated carbocycles. The average Bonchev–Trinajstić information content (AvgIpc) is 3.28. The SMILES string of the molecule is c1ccc(-c2ccc(N(c3ccc(-c4ccccc4-c4ccccc4)cc3)c3ccc(-c4cccc(-c5ccccc5)c4-c4ccccc4)cc3)cc2)cc1. The molecule has 9 aromatic rings. The van der Waals surface area contributed by atoms with Gasteiger partial charge < -0.3 is 4.90 Å². The summed E-state index contributed by atoms with van der Waals surface area (Å²) < 4.78 is 0. The van der Waals surface area contributed by atoms with Crippen LogP contribution in [-0.4, -0.2) is 0 Å². The molecule has 0 saturated heterocycles. The first-order valence-corrected chi connectivity index (χ1v) is 18.8. The van der Waals surface area contributed by atoms with Crippen LogP contribution in [0.25, 0.3) is 66.8 Å². The lowest BCUT2D eigenvalue weighted by Crippen LogP contribution is -2.09. The van der Waals surface area contributed by atoms with E-state index in [1.54, 1.807) is 0 Å². The van der Waals surface area contributed by atoms with Crippen LogP contribution in [0.5, 0.6) is 0 Å². The monoisotopic (exact) mass is 701 g/mol. The van der Waals surface area contributed by atoms with Crippen LogP contribution >= 0.6 is 0 Å². The first-order chi connectivity index (χ1) is 27.3. The molecule has 9 rings (SSSR count). The minimum absolute atomic E-state index is 1.09. The summed E-state index contributed by atoms with van der Waals surface area (Å²) in [6.45, 7) is 0. The highest BCUT2D eigenvalue weighted by molar-refractivity contribution is 5.95. The van der Waals surface area contributed by atoms with Gasteiger partial charge in [-0.3, -0.25) is 0 Å². The lowest BCUT2D eigenvalue weighted by atomic mass is 9.87. The molecule has 0 bridgehead atoms. The number of benzene rings is 9. The van der Waals surface area contributed by atoms with E-state index in [2.05, 4.69) is 241 Å². The fourth-order valence-electron chi connectivity index (χ4n) is 7.63. The zero-order valence-electron chi connectivity index (χ0n) is 30.5. The average molecular weight is 702 g/mol. The molecule has 0 amide bonds. The second-order valence-corrected chi connectivity index (χ2v) is 13.7. The van der Waals surface area contributed by atoms with Gasteiger partial charge in [-0.25, -0.2) is 0 Å². The zero-order chi connectivity index (χ0) is 36.8. The maximum atomic E-state index is 2.35. The molecule has 0 aliphatic carbocycles. The summed E-state index contributed by atoms with van der Waals surface area (Å²) >= 11 is 0. The molecule has 0 aliphatic heterocycles. The van der Waals surface area contributed by atoms with Crippen molar-refractivity contribution in [2.75, 3.05) is 4.90 Å². The van der Waals surface area contributed by atoms with Crippen LogP contribution in [0, 0.1) is 0 Å². The molecule has 0 unspecified atom stereocenters. The van der Waals surface area contributed by atoms with Gasteiger partial charge in [0.15, 0.2) is 0 Å². The van der Waals surface area contributed by atoms with Gasteiger partial charge in [-0.05, 0) is 103 Å². The van der Waals surface area contributed by atoms with Crippen molar-refractivity contribution in [1.29, 1.82) is 0 Å². The van der Waals surface area contributed by atoms with Gasteiger partial charge in [0, 0.05) is 17.1 Å². The summed E-state index contributed by atoms with van der Waals surface area (Å²) in [7, 11) is 0. The van der Waals surface area contributed by atoms with Crippen LogP contribution in [0.3, 0.4) is 0 Å². The van der Waals surface area contributed by atoms with Gasteiger partial charge in [0.1, 0.15) is 0 Å². The van der Waals surface area contributed by atoms with Crippen molar-refractivity contribution in [3.8, 4) is 66.8 Å². The summed E-state index contributed by atoms with van der Waals surface area (Å²) in [4.78, 5) is 2.35. The van der Waals surface area contributed by atoms with E-state index in [0.717, 1.165) is 17.1 Å². The molecule has 55 heavy (non-hydrogen) atoms. The van der Waals surface area contributed by atoms with Crippen molar-refractivity contribution in [3.05, 3.63) is 237 Å². The Hall–Kier alpha value is -7.22. The molecule has 9 aromatic carbocycles. The fourth-order valence-corrected chi connectivity index (χ4v) is 7.63. The normalized spacial score (nSPS) is 10.9. The van der Waals surface area contributed by atoms with Crippen LogP contribution in [0.2, 0.25) is 0 Å². The number of hydrogen-bond acceptors (Lipinski definition) is 1. The van der Waals surface area contributed by atoms with Crippen molar-refractivity contribution < 1.29 is 0 Å². The van der Waals surface area contributed by atoms with Crippen LogP contribution in [0.4, 0.5) is 17.1 Å².